The van der Waals surface area contributed by atoms with E-state index in [1.165, 1.54) is 12.1 Å². The molecule has 0 radical (unpaired) electrons. The van der Waals surface area contributed by atoms with Crippen molar-refractivity contribution in [3.05, 3.63) is 64.3 Å². The van der Waals surface area contributed by atoms with Gasteiger partial charge in [0.1, 0.15) is 0 Å². The molecule has 100 valence electrons. The molecule has 0 amide bonds. The number of aromatic hydroxyl groups is 1. The highest BCUT2D eigenvalue weighted by Gasteiger charge is 2.14. The average Bonchev–Trinajstić information content (AvgIpc) is 2.84. The van der Waals surface area contributed by atoms with Gasteiger partial charge in [-0.15, -0.1) is 0 Å². The summed E-state index contributed by atoms with van der Waals surface area (Å²) in [5.74, 6) is -0.330. The van der Waals surface area contributed by atoms with Crippen LogP contribution in [0.25, 0.3) is 10.9 Å². The van der Waals surface area contributed by atoms with E-state index in [0.717, 1.165) is 10.9 Å². The summed E-state index contributed by atoms with van der Waals surface area (Å²) in [6, 6.07) is 12.1. The molecule has 0 fully saturated rings. The molecule has 1 heterocycles. The van der Waals surface area contributed by atoms with Crippen LogP contribution < -0.4 is 0 Å². The molecular formula is C14H11N3O3. The largest absolute Gasteiger partial charge is 0.502 e. The van der Waals surface area contributed by atoms with E-state index in [-0.39, 0.29) is 11.4 Å². The number of nitro groups is 1. The summed E-state index contributed by atoms with van der Waals surface area (Å²) in [7, 11) is 0. The number of phenolic OH excluding ortho intramolecular Hbond substituents is 1. The number of rotatable bonds is 3. The summed E-state index contributed by atoms with van der Waals surface area (Å²) in [6.45, 7) is 0.411. The smallest absolute Gasteiger partial charge is 0.311 e. The second kappa shape index (κ2) is 4.65. The summed E-state index contributed by atoms with van der Waals surface area (Å²) in [4.78, 5) is 10.2. The summed E-state index contributed by atoms with van der Waals surface area (Å²) in [5, 5.41) is 25.5. The summed E-state index contributed by atoms with van der Waals surface area (Å²) < 4.78 is 1.77. The first-order chi connectivity index (χ1) is 9.65. The van der Waals surface area contributed by atoms with Crippen LogP contribution in [0.1, 0.15) is 5.56 Å². The molecule has 6 nitrogen and oxygen atoms in total. The van der Waals surface area contributed by atoms with Crippen molar-refractivity contribution >= 4 is 16.6 Å². The number of hydrogen-bond donors (Lipinski definition) is 1. The number of phenols is 1. The molecule has 0 unspecified atom stereocenters. The minimum absolute atomic E-state index is 0.293. The molecule has 0 aliphatic heterocycles. The van der Waals surface area contributed by atoms with Gasteiger partial charge < -0.3 is 5.11 Å². The van der Waals surface area contributed by atoms with Crippen LogP contribution in [-0.2, 0) is 6.54 Å². The fourth-order valence-corrected chi connectivity index (χ4v) is 2.14. The molecule has 0 aliphatic rings. The third kappa shape index (κ3) is 2.07. The Morgan fingerprint density at radius 2 is 2.05 bits per heavy atom. The van der Waals surface area contributed by atoms with Crippen molar-refractivity contribution in [1.82, 2.24) is 9.78 Å². The number of nitrogens with zero attached hydrogens (tertiary/aromatic N) is 3. The maximum absolute atomic E-state index is 10.8. The predicted molar refractivity (Wildman–Crippen MR) is 73.6 cm³/mol. The summed E-state index contributed by atoms with van der Waals surface area (Å²) >= 11 is 0. The lowest BCUT2D eigenvalue weighted by Gasteiger charge is -2.04. The van der Waals surface area contributed by atoms with E-state index in [0.29, 0.717) is 12.1 Å². The van der Waals surface area contributed by atoms with Gasteiger partial charge in [0.15, 0.2) is 5.75 Å². The number of hydrogen-bond acceptors (Lipinski definition) is 4. The van der Waals surface area contributed by atoms with Gasteiger partial charge in [0.25, 0.3) is 0 Å². The minimum Gasteiger partial charge on any atom is -0.502 e. The highest BCUT2D eigenvalue weighted by atomic mass is 16.6. The van der Waals surface area contributed by atoms with Crippen molar-refractivity contribution in [3.8, 4) is 5.75 Å². The molecule has 3 rings (SSSR count). The van der Waals surface area contributed by atoms with Gasteiger partial charge in [0, 0.05) is 11.5 Å². The molecule has 0 saturated heterocycles. The fraction of sp³-hybridized carbons (Fsp3) is 0.0714. The van der Waals surface area contributed by atoms with Crippen molar-refractivity contribution in [2.24, 2.45) is 0 Å². The van der Waals surface area contributed by atoms with E-state index >= 15 is 0 Å². The van der Waals surface area contributed by atoms with Crippen LogP contribution >= 0.6 is 0 Å². The Labute approximate surface area is 114 Å². The summed E-state index contributed by atoms with van der Waals surface area (Å²) in [6.07, 6.45) is 1.75. The molecule has 6 heteroatoms. The Balaban J connectivity index is 1.99. The van der Waals surface area contributed by atoms with Crippen LogP contribution in [0, 0.1) is 10.1 Å². The molecular weight excluding hydrogens is 258 g/mol. The molecule has 20 heavy (non-hydrogen) atoms. The second-order valence-electron chi connectivity index (χ2n) is 4.44. The van der Waals surface area contributed by atoms with Crippen LogP contribution in [0.5, 0.6) is 5.75 Å². The zero-order valence-corrected chi connectivity index (χ0v) is 10.4. The highest BCUT2D eigenvalue weighted by Crippen LogP contribution is 2.27. The minimum atomic E-state index is -0.597. The Bertz CT molecular complexity index is 795. The van der Waals surface area contributed by atoms with E-state index in [4.69, 9.17) is 0 Å². The number of fused-ring (bicyclic) bond motifs is 1. The van der Waals surface area contributed by atoms with Gasteiger partial charge in [-0.3, -0.25) is 14.8 Å². The summed E-state index contributed by atoms with van der Waals surface area (Å²) in [5.41, 5.74) is 1.38. The van der Waals surface area contributed by atoms with Gasteiger partial charge in [-0.05, 0) is 17.7 Å². The van der Waals surface area contributed by atoms with Gasteiger partial charge in [-0.2, -0.15) is 5.10 Å². The van der Waals surface area contributed by atoms with E-state index in [9.17, 15) is 15.2 Å². The fourth-order valence-electron chi connectivity index (χ4n) is 2.14. The van der Waals surface area contributed by atoms with E-state index in [1.807, 2.05) is 24.3 Å². The van der Waals surface area contributed by atoms with E-state index < -0.39 is 4.92 Å². The lowest BCUT2D eigenvalue weighted by atomic mass is 10.2. The SMILES string of the molecule is O=[N+]([O-])c1cc(Cn2ncc3ccccc32)ccc1O. The Hall–Kier alpha value is -2.89. The molecule has 3 aromatic rings. The molecule has 1 N–H and O–H groups in total. The first kappa shape index (κ1) is 12.2. The van der Waals surface area contributed by atoms with Crippen molar-refractivity contribution in [1.29, 1.82) is 0 Å². The topological polar surface area (TPSA) is 81.2 Å². The van der Waals surface area contributed by atoms with E-state index in [2.05, 4.69) is 5.10 Å². The highest BCUT2D eigenvalue weighted by molar-refractivity contribution is 5.78. The van der Waals surface area contributed by atoms with Crippen molar-refractivity contribution in [3.63, 3.8) is 0 Å². The normalized spacial score (nSPS) is 10.8. The van der Waals surface area contributed by atoms with Crippen LogP contribution in [0.2, 0.25) is 0 Å². The molecule has 0 spiro atoms. The Morgan fingerprint density at radius 1 is 1.25 bits per heavy atom. The molecule has 0 saturated carbocycles. The number of para-hydroxylation sites is 1. The van der Waals surface area contributed by atoms with Crippen LogP contribution in [0.15, 0.2) is 48.7 Å². The lowest BCUT2D eigenvalue weighted by molar-refractivity contribution is -0.385. The van der Waals surface area contributed by atoms with E-state index in [1.54, 1.807) is 16.9 Å². The lowest BCUT2D eigenvalue weighted by Crippen LogP contribution is -2.02. The van der Waals surface area contributed by atoms with Crippen LogP contribution in [0.3, 0.4) is 0 Å². The van der Waals surface area contributed by atoms with Gasteiger partial charge in [0.2, 0.25) is 0 Å². The van der Waals surface area contributed by atoms with Gasteiger partial charge >= 0.3 is 5.69 Å². The molecule has 2 aromatic carbocycles. The molecule has 0 aliphatic carbocycles. The first-order valence-corrected chi connectivity index (χ1v) is 6.02. The zero-order valence-electron chi connectivity index (χ0n) is 10.4. The predicted octanol–water partition coefficient (Wildman–Crippen LogP) is 2.70. The maximum atomic E-state index is 10.8. The standard InChI is InChI=1S/C14H11N3O3/c18-14-6-5-10(7-13(14)17(19)20)9-16-12-4-2-1-3-11(12)8-15-16/h1-8,18H,9H2. The third-order valence-corrected chi connectivity index (χ3v) is 3.12. The van der Waals surface area contributed by atoms with Crippen LogP contribution in [-0.4, -0.2) is 19.8 Å². The zero-order chi connectivity index (χ0) is 14.1. The van der Waals surface area contributed by atoms with Gasteiger partial charge in [0.05, 0.1) is 23.2 Å². The van der Waals surface area contributed by atoms with Crippen molar-refractivity contribution < 1.29 is 10.0 Å². The molecule has 0 bridgehead atoms. The molecule has 0 atom stereocenters. The Morgan fingerprint density at radius 3 is 2.85 bits per heavy atom. The quantitative estimate of drug-likeness (QED) is 0.585. The number of aromatic nitrogens is 2. The van der Waals surface area contributed by atoms with Gasteiger partial charge in [-0.1, -0.05) is 24.3 Å². The monoisotopic (exact) mass is 269 g/mol. The van der Waals surface area contributed by atoms with Crippen molar-refractivity contribution in [2.75, 3.05) is 0 Å². The third-order valence-electron chi connectivity index (χ3n) is 3.12. The first-order valence-electron chi connectivity index (χ1n) is 6.02. The Kier molecular flexibility index (Phi) is 2.83. The molecule has 1 aromatic heterocycles. The van der Waals surface area contributed by atoms with Crippen molar-refractivity contribution in [2.45, 2.75) is 6.54 Å². The maximum Gasteiger partial charge on any atom is 0.311 e. The van der Waals surface area contributed by atoms with Crippen LogP contribution in [0.4, 0.5) is 5.69 Å². The second-order valence-corrected chi connectivity index (χ2v) is 4.44. The average molecular weight is 269 g/mol. The number of nitro benzene ring substituents is 1. The van der Waals surface area contributed by atoms with Gasteiger partial charge in [-0.25, -0.2) is 0 Å². The number of benzene rings is 2.